The van der Waals surface area contributed by atoms with Crippen molar-refractivity contribution < 1.29 is 4.39 Å². The molecule has 1 atom stereocenters. The number of piperidine rings is 1. The zero-order valence-electron chi connectivity index (χ0n) is 7.69. The van der Waals surface area contributed by atoms with Crippen LogP contribution < -0.4 is 0 Å². The topological polar surface area (TPSA) is 52.0 Å². The first kappa shape index (κ1) is 10.3. The first-order valence-corrected chi connectivity index (χ1v) is 4.66. The molecule has 0 aliphatic carbocycles. The van der Waals surface area contributed by atoms with Crippen LogP contribution in [-0.4, -0.2) is 37.8 Å². The maximum Gasteiger partial charge on any atom is 0.0934 e. The predicted octanol–water partition coefficient (Wildman–Crippen LogP) is 1.98. The predicted molar refractivity (Wildman–Crippen MR) is 49.2 cm³/mol. The van der Waals surface area contributed by atoms with Crippen LogP contribution >= 0.6 is 0 Å². The van der Waals surface area contributed by atoms with Crippen LogP contribution in [0.25, 0.3) is 10.4 Å². The summed E-state index contributed by atoms with van der Waals surface area (Å²) in [5.41, 5.74) is 8.07. The zero-order valence-corrected chi connectivity index (χ0v) is 7.69. The lowest BCUT2D eigenvalue weighted by molar-refractivity contribution is 0.157. The number of hydrogen-bond acceptors (Lipinski definition) is 2. The Labute approximate surface area is 77.3 Å². The van der Waals surface area contributed by atoms with Gasteiger partial charge < -0.3 is 4.90 Å². The number of hydrogen-bond donors (Lipinski definition) is 0. The van der Waals surface area contributed by atoms with E-state index in [9.17, 15) is 4.39 Å². The SMILES string of the molecule is [N-]=[N+]=NCCN1CCC[C@H](CF)C1. The molecule has 13 heavy (non-hydrogen) atoms. The zero-order chi connectivity index (χ0) is 9.52. The Bertz CT molecular complexity index is 191. The second kappa shape index (κ2) is 5.78. The molecular formula is C8H15FN4. The van der Waals surface area contributed by atoms with Gasteiger partial charge in [-0.2, -0.15) is 0 Å². The van der Waals surface area contributed by atoms with Gasteiger partial charge in [0.25, 0.3) is 0 Å². The summed E-state index contributed by atoms with van der Waals surface area (Å²) in [6.45, 7) is 2.86. The van der Waals surface area contributed by atoms with E-state index in [1.54, 1.807) is 0 Å². The van der Waals surface area contributed by atoms with Crippen molar-refractivity contribution in [3.05, 3.63) is 10.4 Å². The van der Waals surface area contributed by atoms with Gasteiger partial charge in [0.15, 0.2) is 0 Å². The van der Waals surface area contributed by atoms with Crippen molar-refractivity contribution in [1.82, 2.24) is 4.90 Å². The van der Waals surface area contributed by atoms with Crippen LogP contribution in [-0.2, 0) is 0 Å². The Morgan fingerprint density at radius 3 is 3.15 bits per heavy atom. The smallest absolute Gasteiger partial charge is 0.0934 e. The third kappa shape index (κ3) is 3.61. The summed E-state index contributed by atoms with van der Waals surface area (Å²) >= 11 is 0. The second-order valence-electron chi connectivity index (χ2n) is 3.42. The summed E-state index contributed by atoms with van der Waals surface area (Å²) in [5.74, 6) is 0.194. The normalized spacial score (nSPS) is 23.9. The highest BCUT2D eigenvalue weighted by atomic mass is 19.1. The maximum atomic E-state index is 12.3. The minimum Gasteiger partial charge on any atom is -0.303 e. The standard InChI is InChI=1S/C8H15FN4/c9-6-8-2-1-4-13(7-8)5-3-11-12-10/h8H,1-7H2/t8-/m1/s1. The lowest BCUT2D eigenvalue weighted by Gasteiger charge is -2.30. The number of azide groups is 1. The fourth-order valence-corrected chi connectivity index (χ4v) is 1.71. The van der Waals surface area contributed by atoms with Gasteiger partial charge >= 0.3 is 0 Å². The maximum absolute atomic E-state index is 12.3. The molecule has 4 nitrogen and oxygen atoms in total. The highest BCUT2D eigenvalue weighted by molar-refractivity contribution is 4.72. The van der Waals surface area contributed by atoms with Crippen LogP contribution in [0.5, 0.6) is 0 Å². The van der Waals surface area contributed by atoms with E-state index >= 15 is 0 Å². The molecule has 1 aliphatic rings. The monoisotopic (exact) mass is 186 g/mol. The number of nitrogens with zero attached hydrogens (tertiary/aromatic N) is 4. The van der Waals surface area contributed by atoms with Gasteiger partial charge in [0.1, 0.15) is 0 Å². The Morgan fingerprint density at radius 2 is 2.46 bits per heavy atom. The van der Waals surface area contributed by atoms with Gasteiger partial charge in [0.2, 0.25) is 0 Å². The van der Waals surface area contributed by atoms with Crippen molar-refractivity contribution in [3.8, 4) is 0 Å². The van der Waals surface area contributed by atoms with Crippen molar-refractivity contribution in [2.75, 3.05) is 32.9 Å². The van der Waals surface area contributed by atoms with Crippen LogP contribution in [0, 0.1) is 5.92 Å². The molecule has 0 unspecified atom stereocenters. The summed E-state index contributed by atoms with van der Waals surface area (Å²) in [4.78, 5) is 4.85. The second-order valence-corrected chi connectivity index (χ2v) is 3.42. The molecule has 1 fully saturated rings. The van der Waals surface area contributed by atoms with Gasteiger partial charge in [0, 0.05) is 30.5 Å². The van der Waals surface area contributed by atoms with E-state index < -0.39 is 0 Å². The van der Waals surface area contributed by atoms with Gasteiger partial charge in [-0.05, 0) is 24.9 Å². The fourth-order valence-electron chi connectivity index (χ4n) is 1.71. The molecule has 0 aromatic carbocycles. The van der Waals surface area contributed by atoms with Crippen molar-refractivity contribution in [2.24, 2.45) is 11.0 Å². The van der Waals surface area contributed by atoms with E-state index in [0.717, 1.165) is 32.5 Å². The van der Waals surface area contributed by atoms with Gasteiger partial charge in [-0.15, -0.1) is 0 Å². The number of rotatable bonds is 4. The van der Waals surface area contributed by atoms with Gasteiger partial charge in [0.05, 0.1) is 6.67 Å². The lowest BCUT2D eigenvalue weighted by Crippen LogP contribution is -2.37. The Kier molecular flexibility index (Phi) is 4.57. The number of likely N-dealkylation sites (tertiary alicyclic amines) is 1. The largest absolute Gasteiger partial charge is 0.303 e. The van der Waals surface area contributed by atoms with Crippen LogP contribution in [0.4, 0.5) is 4.39 Å². The minimum atomic E-state index is -0.224. The Morgan fingerprint density at radius 1 is 1.62 bits per heavy atom. The average Bonchev–Trinajstić information content (AvgIpc) is 2.19. The quantitative estimate of drug-likeness (QED) is 0.376. The molecule has 0 bridgehead atoms. The fraction of sp³-hybridized carbons (Fsp3) is 1.00. The van der Waals surface area contributed by atoms with Crippen LogP contribution in [0.3, 0.4) is 0 Å². The molecule has 1 aliphatic heterocycles. The van der Waals surface area contributed by atoms with Gasteiger partial charge in [-0.25, -0.2) is 0 Å². The molecule has 0 saturated carbocycles. The molecule has 5 heteroatoms. The van der Waals surface area contributed by atoms with Crippen molar-refractivity contribution in [3.63, 3.8) is 0 Å². The van der Waals surface area contributed by atoms with Crippen molar-refractivity contribution in [2.45, 2.75) is 12.8 Å². The summed E-state index contributed by atoms with van der Waals surface area (Å²) in [7, 11) is 0. The Hall–Kier alpha value is -0.800. The molecule has 1 rings (SSSR count). The molecule has 1 saturated heterocycles. The minimum absolute atomic E-state index is 0.194. The van der Waals surface area contributed by atoms with Crippen molar-refractivity contribution in [1.29, 1.82) is 0 Å². The highest BCUT2D eigenvalue weighted by Gasteiger charge is 2.18. The molecule has 0 radical (unpaired) electrons. The van der Waals surface area contributed by atoms with E-state index in [4.69, 9.17) is 5.53 Å². The third-order valence-electron chi connectivity index (χ3n) is 2.40. The van der Waals surface area contributed by atoms with E-state index in [2.05, 4.69) is 14.9 Å². The van der Waals surface area contributed by atoms with Crippen LogP contribution in [0.15, 0.2) is 5.11 Å². The molecule has 0 amide bonds. The first-order valence-electron chi connectivity index (χ1n) is 4.66. The van der Waals surface area contributed by atoms with Gasteiger partial charge in [-0.1, -0.05) is 5.11 Å². The third-order valence-corrected chi connectivity index (χ3v) is 2.40. The lowest BCUT2D eigenvalue weighted by atomic mass is 10.00. The number of halogens is 1. The molecular weight excluding hydrogens is 171 g/mol. The van der Waals surface area contributed by atoms with E-state index in [0.29, 0.717) is 6.54 Å². The van der Waals surface area contributed by atoms with Crippen LogP contribution in [0.1, 0.15) is 12.8 Å². The molecule has 0 spiro atoms. The molecule has 0 aromatic rings. The van der Waals surface area contributed by atoms with Crippen LogP contribution in [0.2, 0.25) is 0 Å². The average molecular weight is 186 g/mol. The summed E-state index contributed by atoms with van der Waals surface area (Å²) in [6, 6.07) is 0. The highest BCUT2D eigenvalue weighted by Crippen LogP contribution is 2.16. The molecule has 0 N–H and O–H groups in total. The van der Waals surface area contributed by atoms with Crippen molar-refractivity contribution >= 4 is 0 Å². The van der Waals surface area contributed by atoms with E-state index in [1.807, 2.05) is 0 Å². The summed E-state index contributed by atoms with van der Waals surface area (Å²) in [5, 5.41) is 3.46. The molecule has 1 heterocycles. The summed E-state index contributed by atoms with van der Waals surface area (Å²) < 4.78 is 12.3. The van der Waals surface area contributed by atoms with E-state index in [-0.39, 0.29) is 12.6 Å². The van der Waals surface area contributed by atoms with Gasteiger partial charge in [-0.3, -0.25) is 4.39 Å². The first-order chi connectivity index (χ1) is 6.36. The summed E-state index contributed by atoms with van der Waals surface area (Å²) in [6.07, 6.45) is 2.05. The van der Waals surface area contributed by atoms with E-state index in [1.165, 1.54) is 0 Å². The molecule has 0 aromatic heterocycles. The number of alkyl halides is 1. The molecule has 74 valence electrons. The Balaban J connectivity index is 2.21.